The van der Waals surface area contributed by atoms with E-state index in [0.717, 1.165) is 5.56 Å². The van der Waals surface area contributed by atoms with Crippen LogP contribution in [0.25, 0.3) is 0 Å². The first-order valence-electron chi connectivity index (χ1n) is 11.9. The van der Waals surface area contributed by atoms with Crippen LogP contribution in [-0.4, -0.2) is 12.4 Å². The van der Waals surface area contributed by atoms with E-state index in [0.29, 0.717) is 24.0 Å². The van der Waals surface area contributed by atoms with Crippen molar-refractivity contribution < 1.29 is 9.53 Å². The molecule has 1 atom stereocenters. The molecule has 4 rings (SSSR count). The van der Waals surface area contributed by atoms with E-state index >= 15 is 0 Å². The molecule has 0 amide bonds. The van der Waals surface area contributed by atoms with Crippen LogP contribution in [0.5, 0.6) is 0 Å². The van der Waals surface area contributed by atoms with Crippen molar-refractivity contribution >= 4 is 5.78 Å². The molecule has 0 fully saturated rings. The molecule has 2 nitrogen and oxygen atoms in total. The fourth-order valence-electron chi connectivity index (χ4n) is 3.67. The van der Waals surface area contributed by atoms with Crippen molar-refractivity contribution in [1.29, 1.82) is 0 Å². The average Bonchev–Trinajstić information content (AvgIpc) is 2.90. The molecule has 1 unspecified atom stereocenters. The second-order valence-electron chi connectivity index (χ2n) is 8.79. The third-order valence-electron chi connectivity index (χ3n) is 5.59. The Labute approximate surface area is 204 Å². The van der Waals surface area contributed by atoms with Crippen LogP contribution in [0.3, 0.4) is 0 Å². The molecule has 4 aromatic carbocycles. The minimum absolute atomic E-state index is 0.0115. The fraction of sp³-hybridized carbons (Fsp3) is 0.219. The number of carbonyl (C=O) groups is 1. The third kappa shape index (κ3) is 7.54. The summed E-state index contributed by atoms with van der Waals surface area (Å²) in [4.78, 5) is 12.6. The number of hydrogen-bond acceptors (Lipinski definition) is 2. The highest BCUT2D eigenvalue weighted by Gasteiger charge is 2.22. The quantitative estimate of drug-likeness (QED) is 0.253. The first kappa shape index (κ1) is 25.1. The van der Waals surface area contributed by atoms with E-state index in [4.69, 9.17) is 4.74 Å². The zero-order valence-electron chi connectivity index (χ0n) is 20.3. The van der Waals surface area contributed by atoms with Gasteiger partial charge in [0.25, 0.3) is 0 Å². The van der Waals surface area contributed by atoms with E-state index in [1.54, 1.807) is 0 Å². The minimum Gasteiger partial charge on any atom is -0.365 e. The maximum Gasteiger partial charge on any atom is 0.196 e. The summed E-state index contributed by atoms with van der Waals surface area (Å²) < 4.78 is 5.86. The number of ether oxygens (including phenoxy) is 1. The Hall–Kier alpha value is -3.49. The second-order valence-corrected chi connectivity index (χ2v) is 8.79. The molecule has 174 valence electrons. The zero-order chi connectivity index (χ0) is 24.2. The lowest BCUT2D eigenvalue weighted by molar-refractivity contribution is 0.0308. The summed E-state index contributed by atoms with van der Waals surface area (Å²) in [7, 11) is 0. The largest absolute Gasteiger partial charge is 0.365 e. The SMILES string of the molecule is CC(C)COC(C(=O)c1ccccc1)c1ccccc1.CC(c1ccccc1)c1ccccc1. The number of carbonyl (C=O) groups excluding carboxylic acids is 1. The molecule has 0 bridgehead atoms. The molecule has 0 heterocycles. The topological polar surface area (TPSA) is 26.3 Å². The Kier molecular flexibility index (Phi) is 9.81. The normalized spacial score (nSPS) is 11.6. The van der Waals surface area contributed by atoms with Gasteiger partial charge in [-0.05, 0) is 22.6 Å². The first-order valence-corrected chi connectivity index (χ1v) is 11.9. The van der Waals surface area contributed by atoms with Gasteiger partial charge in [-0.15, -0.1) is 0 Å². The molecule has 34 heavy (non-hydrogen) atoms. The zero-order valence-corrected chi connectivity index (χ0v) is 20.3. The van der Waals surface area contributed by atoms with Crippen molar-refractivity contribution in [3.8, 4) is 0 Å². The van der Waals surface area contributed by atoms with Gasteiger partial charge in [0.15, 0.2) is 5.78 Å². The lowest BCUT2D eigenvalue weighted by Gasteiger charge is -2.18. The van der Waals surface area contributed by atoms with Crippen molar-refractivity contribution in [2.24, 2.45) is 5.92 Å². The number of ketones is 1. The molecule has 4 aromatic rings. The molecule has 0 N–H and O–H groups in total. The van der Waals surface area contributed by atoms with Gasteiger partial charge in [0.05, 0.1) is 6.61 Å². The summed E-state index contributed by atoms with van der Waals surface area (Å²) in [5.41, 5.74) is 4.34. The summed E-state index contributed by atoms with van der Waals surface area (Å²) in [6, 6.07) is 40.2. The van der Waals surface area contributed by atoms with Crippen molar-refractivity contribution in [2.45, 2.75) is 32.8 Å². The standard InChI is InChI=1S/C18H20O2.C14H14/c1-14(2)13-20-18(16-11-7-4-8-12-16)17(19)15-9-5-3-6-10-15;1-12(13-8-4-2-5-9-13)14-10-6-3-7-11-14/h3-12,14,18H,13H2,1-2H3;2-12H,1H3. The van der Waals surface area contributed by atoms with Crippen LogP contribution in [0.1, 0.15) is 59.8 Å². The Morgan fingerprint density at radius 3 is 1.38 bits per heavy atom. The number of hydrogen-bond donors (Lipinski definition) is 0. The van der Waals surface area contributed by atoms with Gasteiger partial charge >= 0.3 is 0 Å². The van der Waals surface area contributed by atoms with Gasteiger partial charge in [-0.2, -0.15) is 0 Å². The summed E-state index contributed by atoms with van der Waals surface area (Å²) in [6.45, 7) is 6.97. The summed E-state index contributed by atoms with van der Waals surface area (Å²) in [5.74, 6) is 0.889. The Bertz CT molecular complexity index is 1050. The molecular weight excluding hydrogens is 416 g/mol. The van der Waals surface area contributed by atoms with Gasteiger partial charge in [0.2, 0.25) is 0 Å². The number of Topliss-reactive ketones (excluding diaryl/α,β-unsaturated/α-hetero) is 1. The molecule has 0 saturated carbocycles. The maximum absolute atomic E-state index is 12.6. The van der Waals surface area contributed by atoms with Crippen LogP contribution in [-0.2, 0) is 4.74 Å². The fourth-order valence-corrected chi connectivity index (χ4v) is 3.67. The molecule has 0 spiro atoms. The van der Waals surface area contributed by atoms with E-state index in [-0.39, 0.29) is 5.78 Å². The molecule has 0 saturated heterocycles. The van der Waals surface area contributed by atoms with Gasteiger partial charge < -0.3 is 4.74 Å². The molecular formula is C32H34O2. The predicted molar refractivity (Wildman–Crippen MR) is 141 cm³/mol. The minimum atomic E-state index is -0.527. The molecule has 0 radical (unpaired) electrons. The molecule has 0 aliphatic heterocycles. The van der Waals surface area contributed by atoms with Crippen LogP contribution >= 0.6 is 0 Å². The highest BCUT2D eigenvalue weighted by molar-refractivity contribution is 6.00. The van der Waals surface area contributed by atoms with Gasteiger partial charge in [0.1, 0.15) is 6.10 Å². The second kappa shape index (κ2) is 13.3. The van der Waals surface area contributed by atoms with Crippen LogP contribution in [0, 0.1) is 5.92 Å². The third-order valence-corrected chi connectivity index (χ3v) is 5.59. The number of benzene rings is 4. The van der Waals surface area contributed by atoms with E-state index < -0.39 is 6.10 Å². The van der Waals surface area contributed by atoms with Crippen LogP contribution in [0.4, 0.5) is 0 Å². The lowest BCUT2D eigenvalue weighted by atomic mass is 9.93. The highest BCUT2D eigenvalue weighted by atomic mass is 16.5. The van der Waals surface area contributed by atoms with Crippen LogP contribution in [0.2, 0.25) is 0 Å². The molecule has 2 heteroatoms. The van der Waals surface area contributed by atoms with E-state index in [1.807, 2.05) is 60.7 Å². The van der Waals surface area contributed by atoms with Crippen molar-refractivity contribution in [3.05, 3.63) is 144 Å². The van der Waals surface area contributed by atoms with Gasteiger partial charge in [0, 0.05) is 11.5 Å². The van der Waals surface area contributed by atoms with E-state index in [2.05, 4.69) is 81.4 Å². The Morgan fingerprint density at radius 2 is 0.971 bits per heavy atom. The predicted octanol–water partition coefficient (Wildman–Crippen LogP) is 8.12. The monoisotopic (exact) mass is 450 g/mol. The molecule has 0 aliphatic rings. The summed E-state index contributed by atoms with van der Waals surface area (Å²) in [5, 5.41) is 0. The van der Waals surface area contributed by atoms with Crippen LogP contribution in [0.15, 0.2) is 121 Å². The van der Waals surface area contributed by atoms with E-state index in [9.17, 15) is 4.79 Å². The summed E-state index contributed by atoms with van der Waals surface area (Å²) >= 11 is 0. The Morgan fingerprint density at radius 1 is 0.588 bits per heavy atom. The van der Waals surface area contributed by atoms with E-state index in [1.165, 1.54) is 11.1 Å². The highest BCUT2D eigenvalue weighted by Crippen LogP contribution is 2.24. The van der Waals surface area contributed by atoms with Gasteiger partial charge in [-0.25, -0.2) is 0 Å². The first-order chi connectivity index (χ1) is 16.6. The summed E-state index contributed by atoms with van der Waals surface area (Å²) in [6.07, 6.45) is -0.527. The maximum atomic E-state index is 12.6. The van der Waals surface area contributed by atoms with Crippen molar-refractivity contribution in [1.82, 2.24) is 0 Å². The Balaban J connectivity index is 0.000000202. The van der Waals surface area contributed by atoms with Gasteiger partial charge in [-0.3, -0.25) is 4.79 Å². The van der Waals surface area contributed by atoms with Crippen LogP contribution < -0.4 is 0 Å². The molecule has 0 aliphatic carbocycles. The average molecular weight is 451 g/mol. The lowest BCUT2D eigenvalue weighted by Crippen LogP contribution is -2.18. The molecule has 0 aromatic heterocycles. The van der Waals surface area contributed by atoms with Gasteiger partial charge in [-0.1, -0.05) is 142 Å². The smallest absolute Gasteiger partial charge is 0.196 e. The van der Waals surface area contributed by atoms with Crippen molar-refractivity contribution in [2.75, 3.05) is 6.61 Å². The number of rotatable bonds is 8. The van der Waals surface area contributed by atoms with Crippen molar-refractivity contribution in [3.63, 3.8) is 0 Å².